The molecule has 100 valence electrons. The largest absolute Gasteiger partial charge is 0.336 e. The minimum atomic E-state index is 0.00986. The van der Waals surface area contributed by atoms with E-state index in [4.69, 9.17) is 11.6 Å². The Labute approximate surface area is 113 Å². The first-order valence-electron chi connectivity index (χ1n) is 6.42. The number of carbonyl (C=O) groups excluding carboxylic acids is 1. The van der Waals surface area contributed by atoms with Gasteiger partial charge in [0.15, 0.2) is 0 Å². The minimum Gasteiger partial charge on any atom is -0.336 e. The highest BCUT2D eigenvalue weighted by molar-refractivity contribution is 6.21. The van der Waals surface area contributed by atoms with Gasteiger partial charge in [0.05, 0.1) is 11.1 Å². The average molecular weight is 270 g/mol. The molecule has 4 nitrogen and oxygen atoms in total. The number of hydrogen-bond acceptors (Lipinski definition) is 2. The highest BCUT2D eigenvalue weighted by Gasteiger charge is 2.30. The maximum atomic E-state index is 12.4. The van der Waals surface area contributed by atoms with Crippen molar-refractivity contribution in [1.29, 1.82) is 0 Å². The molecular weight excluding hydrogens is 250 g/mol. The summed E-state index contributed by atoms with van der Waals surface area (Å²) in [6.07, 6.45) is 4.30. The molecule has 1 aromatic heterocycles. The molecule has 0 radical (unpaired) electrons. The van der Waals surface area contributed by atoms with E-state index in [1.54, 1.807) is 16.6 Å². The topological polar surface area (TPSA) is 38.1 Å². The minimum absolute atomic E-state index is 0.00986. The molecule has 1 saturated carbocycles. The van der Waals surface area contributed by atoms with E-state index >= 15 is 0 Å². The highest BCUT2D eigenvalue weighted by Crippen LogP contribution is 2.27. The fraction of sp³-hybridized carbons (Fsp3) is 0.692. The molecule has 2 unspecified atom stereocenters. The van der Waals surface area contributed by atoms with E-state index in [0.29, 0.717) is 5.69 Å². The Morgan fingerprint density at radius 1 is 1.50 bits per heavy atom. The van der Waals surface area contributed by atoms with Gasteiger partial charge in [0.2, 0.25) is 0 Å². The van der Waals surface area contributed by atoms with Gasteiger partial charge in [-0.25, -0.2) is 0 Å². The molecule has 0 bridgehead atoms. The van der Waals surface area contributed by atoms with Crippen molar-refractivity contribution in [2.75, 3.05) is 7.05 Å². The van der Waals surface area contributed by atoms with Crippen molar-refractivity contribution in [3.63, 3.8) is 0 Å². The Kier molecular flexibility index (Phi) is 3.95. The van der Waals surface area contributed by atoms with Gasteiger partial charge in [-0.05, 0) is 25.8 Å². The quantitative estimate of drug-likeness (QED) is 0.773. The molecule has 1 amide bonds. The first-order valence-corrected chi connectivity index (χ1v) is 6.86. The zero-order chi connectivity index (χ0) is 13.3. The van der Waals surface area contributed by atoms with Crippen molar-refractivity contribution in [1.82, 2.24) is 14.7 Å². The maximum Gasteiger partial charge on any atom is 0.272 e. The summed E-state index contributed by atoms with van der Waals surface area (Å²) in [7, 11) is 3.64. The van der Waals surface area contributed by atoms with Crippen LogP contribution in [0.5, 0.6) is 0 Å². The molecule has 0 saturated heterocycles. The summed E-state index contributed by atoms with van der Waals surface area (Å²) in [4.78, 5) is 14.2. The van der Waals surface area contributed by atoms with Crippen LogP contribution in [-0.2, 0) is 7.05 Å². The predicted octanol–water partition coefficient (Wildman–Crippen LogP) is 2.35. The number of aryl methyl sites for hydroxylation is 2. The van der Waals surface area contributed by atoms with Crippen molar-refractivity contribution < 1.29 is 4.79 Å². The van der Waals surface area contributed by atoms with Gasteiger partial charge in [-0.15, -0.1) is 11.6 Å². The van der Waals surface area contributed by atoms with Crippen LogP contribution < -0.4 is 0 Å². The van der Waals surface area contributed by atoms with Crippen LogP contribution in [0.15, 0.2) is 6.07 Å². The number of amides is 1. The van der Waals surface area contributed by atoms with Gasteiger partial charge >= 0.3 is 0 Å². The Morgan fingerprint density at radius 3 is 2.72 bits per heavy atom. The van der Waals surface area contributed by atoms with Crippen LogP contribution in [0.4, 0.5) is 0 Å². The number of rotatable bonds is 2. The number of aromatic nitrogens is 2. The zero-order valence-corrected chi connectivity index (χ0v) is 11.9. The van der Waals surface area contributed by atoms with Crippen LogP contribution >= 0.6 is 11.6 Å². The molecule has 1 aromatic rings. The Bertz CT molecular complexity index is 443. The van der Waals surface area contributed by atoms with Crippen molar-refractivity contribution >= 4 is 17.5 Å². The molecular formula is C13H20ClN3O. The van der Waals surface area contributed by atoms with Crippen LogP contribution in [0.2, 0.25) is 0 Å². The first-order chi connectivity index (χ1) is 8.50. The number of nitrogens with zero attached hydrogens (tertiary/aromatic N) is 3. The molecule has 1 aliphatic carbocycles. The lowest BCUT2D eigenvalue weighted by Crippen LogP contribution is -2.44. The van der Waals surface area contributed by atoms with Crippen LogP contribution in [-0.4, -0.2) is 39.1 Å². The Balaban J connectivity index is 2.15. The summed E-state index contributed by atoms with van der Waals surface area (Å²) in [5.41, 5.74) is 1.49. The zero-order valence-electron chi connectivity index (χ0n) is 11.2. The van der Waals surface area contributed by atoms with Crippen LogP contribution in [0, 0.1) is 6.92 Å². The summed E-state index contributed by atoms with van der Waals surface area (Å²) in [6, 6.07) is 1.97. The lowest BCUT2D eigenvalue weighted by molar-refractivity contribution is 0.0689. The summed E-state index contributed by atoms with van der Waals surface area (Å²) in [5.74, 6) is 0.00986. The molecule has 0 spiro atoms. The second-order valence-electron chi connectivity index (χ2n) is 5.08. The van der Waals surface area contributed by atoms with E-state index in [1.165, 1.54) is 0 Å². The van der Waals surface area contributed by atoms with E-state index in [1.807, 2.05) is 20.0 Å². The second kappa shape index (κ2) is 5.31. The van der Waals surface area contributed by atoms with Gasteiger partial charge in [-0.1, -0.05) is 12.8 Å². The molecule has 1 heterocycles. The van der Waals surface area contributed by atoms with Gasteiger partial charge < -0.3 is 4.90 Å². The standard InChI is InChI=1S/C13H20ClN3O/c1-9-8-12(17(3)15-9)13(18)16(2)11-7-5-4-6-10(11)14/h8,10-11H,4-7H2,1-3H3. The number of carbonyl (C=O) groups is 1. The van der Waals surface area contributed by atoms with Gasteiger partial charge in [0, 0.05) is 20.1 Å². The fourth-order valence-corrected chi connectivity index (χ4v) is 3.09. The molecule has 0 N–H and O–H groups in total. The van der Waals surface area contributed by atoms with E-state index < -0.39 is 0 Å². The summed E-state index contributed by atoms with van der Waals surface area (Å²) in [5, 5.41) is 4.29. The maximum absolute atomic E-state index is 12.4. The third-order valence-electron chi connectivity index (χ3n) is 3.69. The van der Waals surface area contributed by atoms with E-state index in [2.05, 4.69) is 5.10 Å². The normalized spacial score (nSPS) is 24.0. The SMILES string of the molecule is Cc1cc(C(=O)N(C)C2CCCCC2Cl)n(C)n1. The van der Waals surface area contributed by atoms with Gasteiger partial charge in [-0.2, -0.15) is 5.10 Å². The number of halogens is 1. The fourth-order valence-electron chi connectivity index (χ4n) is 2.64. The van der Waals surface area contributed by atoms with E-state index in [0.717, 1.165) is 31.4 Å². The van der Waals surface area contributed by atoms with Crippen molar-refractivity contribution in [2.24, 2.45) is 7.05 Å². The average Bonchev–Trinajstić information content (AvgIpc) is 2.67. The third-order valence-corrected chi connectivity index (χ3v) is 4.20. The van der Waals surface area contributed by atoms with Crippen LogP contribution in [0.3, 0.4) is 0 Å². The lowest BCUT2D eigenvalue weighted by Gasteiger charge is -2.34. The predicted molar refractivity (Wildman–Crippen MR) is 71.9 cm³/mol. The molecule has 1 aliphatic rings. The lowest BCUT2D eigenvalue weighted by atomic mass is 9.94. The Morgan fingerprint density at radius 2 is 2.17 bits per heavy atom. The summed E-state index contributed by atoms with van der Waals surface area (Å²) in [6.45, 7) is 1.89. The van der Waals surface area contributed by atoms with E-state index in [-0.39, 0.29) is 17.3 Å². The molecule has 2 atom stereocenters. The van der Waals surface area contributed by atoms with Crippen molar-refractivity contribution in [2.45, 2.75) is 44.0 Å². The number of hydrogen-bond donors (Lipinski definition) is 0. The molecule has 18 heavy (non-hydrogen) atoms. The van der Waals surface area contributed by atoms with Crippen molar-refractivity contribution in [3.05, 3.63) is 17.5 Å². The highest BCUT2D eigenvalue weighted by atomic mass is 35.5. The van der Waals surface area contributed by atoms with Gasteiger partial charge in [0.25, 0.3) is 5.91 Å². The third kappa shape index (κ3) is 2.53. The second-order valence-corrected chi connectivity index (χ2v) is 5.64. The monoisotopic (exact) mass is 269 g/mol. The van der Waals surface area contributed by atoms with Crippen LogP contribution in [0.25, 0.3) is 0 Å². The molecule has 5 heteroatoms. The summed E-state index contributed by atoms with van der Waals surface area (Å²) >= 11 is 6.34. The molecule has 2 rings (SSSR count). The van der Waals surface area contributed by atoms with Crippen molar-refractivity contribution in [3.8, 4) is 0 Å². The first kappa shape index (κ1) is 13.4. The smallest absolute Gasteiger partial charge is 0.272 e. The van der Waals surface area contributed by atoms with Crippen LogP contribution in [0.1, 0.15) is 41.9 Å². The molecule has 1 fully saturated rings. The molecule has 0 aliphatic heterocycles. The number of alkyl halides is 1. The van der Waals surface area contributed by atoms with Gasteiger partial charge in [-0.3, -0.25) is 9.48 Å². The Hall–Kier alpha value is -1.03. The molecule has 0 aromatic carbocycles. The summed E-state index contributed by atoms with van der Waals surface area (Å²) < 4.78 is 1.64. The van der Waals surface area contributed by atoms with Gasteiger partial charge in [0.1, 0.15) is 5.69 Å². The van der Waals surface area contributed by atoms with E-state index in [9.17, 15) is 4.79 Å².